The van der Waals surface area contributed by atoms with Crippen molar-refractivity contribution in [3.8, 4) is 0 Å². The van der Waals surface area contributed by atoms with E-state index >= 15 is 0 Å². The molecule has 0 saturated carbocycles. The first-order valence-electron chi connectivity index (χ1n) is 11.3. The van der Waals surface area contributed by atoms with Gasteiger partial charge in [-0.25, -0.2) is 9.59 Å². The molecule has 0 aliphatic carbocycles. The Kier molecular flexibility index (Phi) is 9.02. The van der Waals surface area contributed by atoms with Gasteiger partial charge in [0, 0.05) is 37.7 Å². The Hall–Kier alpha value is -4.46. The molecular weight excluding hydrogens is 520 g/mol. The number of likely N-dealkylation sites (tertiary alicyclic amines) is 1. The van der Waals surface area contributed by atoms with Gasteiger partial charge in [0.2, 0.25) is 11.8 Å². The highest BCUT2D eigenvalue weighted by Gasteiger charge is 2.41. The second-order valence-corrected chi connectivity index (χ2v) is 9.08. The summed E-state index contributed by atoms with van der Waals surface area (Å²) < 4.78 is 5.31. The summed E-state index contributed by atoms with van der Waals surface area (Å²) in [5.74, 6) is -2.79. The summed E-state index contributed by atoms with van der Waals surface area (Å²) in [6.07, 6.45) is -0.668. The molecule has 1 fully saturated rings. The Morgan fingerprint density at radius 2 is 1.82 bits per heavy atom. The number of anilines is 2. The minimum absolute atomic E-state index is 0.0214. The van der Waals surface area contributed by atoms with E-state index in [1.165, 1.54) is 54.3 Å². The number of benzene rings is 2. The number of carbonyl (C=O) groups is 5. The van der Waals surface area contributed by atoms with Crippen LogP contribution in [-0.4, -0.2) is 56.5 Å². The number of carboxylic acids is 1. The number of nitrogens with one attached hydrogen (secondary N) is 2. The van der Waals surface area contributed by atoms with Crippen molar-refractivity contribution in [3.05, 3.63) is 63.7 Å². The Balaban J connectivity index is 1.74. The fourth-order valence-electron chi connectivity index (χ4n) is 4.03. The Bertz CT molecular complexity index is 1280. The highest BCUT2D eigenvalue weighted by Crippen LogP contribution is 2.29. The van der Waals surface area contributed by atoms with Crippen LogP contribution in [-0.2, 0) is 25.7 Å². The van der Waals surface area contributed by atoms with Gasteiger partial charge in [-0.1, -0.05) is 0 Å². The summed E-state index contributed by atoms with van der Waals surface area (Å²) in [5.41, 5.74) is 0.294. The molecule has 0 bridgehead atoms. The Morgan fingerprint density at radius 3 is 2.39 bits per heavy atom. The van der Waals surface area contributed by atoms with Crippen LogP contribution >= 0.6 is 12.6 Å². The quantitative estimate of drug-likeness (QED) is 0.209. The molecule has 14 heteroatoms. The standard InChI is InChI=1S/C24H24N4O9S/c1-13(29)25-19-7-4-16(10-18(19)23(32)33)26-22(31)20-8-15(9-21(30)38)11-27(20)24(34)37-12-14-2-5-17(6-3-14)28(35)36/h2-7,10,15,20H,8-9,11-12H2,1H3,(H,25,29)(H,26,31)(H,30,38)(H,32,33)/t15-,20-/m0/s1. The summed E-state index contributed by atoms with van der Waals surface area (Å²) in [4.78, 5) is 71.9. The molecule has 0 aromatic heterocycles. The van der Waals surface area contributed by atoms with Crippen molar-refractivity contribution in [3.63, 3.8) is 0 Å². The molecule has 2 aromatic carbocycles. The van der Waals surface area contributed by atoms with Gasteiger partial charge in [0.05, 0.1) is 16.2 Å². The van der Waals surface area contributed by atoms with Gasteiger partial charge in [-0.15, -0.1) is 12.6 Å². The molecule has 3 N–H and O–H groups in total. The average Bonchev–Trinajstić information content (AvgIpc) is 3.26. The first kappa shape index (κ1) is 28.1. The maximum absolute atomic E-state index is 13.1. The van der Waals surface area contributed by atoms with E-state index < -0.39 is 40.0 Å². The number of ether oxygens (including phenoxy) is 1. The van der Waals surface area contributed by atoms with E-state index in [0.29, 0.717) is 5.56 Å². The van der Waals surface area contributed by atoms with E-state index in [1.807, 2.05) is 0 Å². The van der Waals surface area contributed by atoms with E-state index in [2.05, 4.69) is 23.3 Å². The van der Waals surface area contributed by atoms with E-state index in [-0.39, 0.29) is 54.5 Å². The number of carboxylic acid groups (broad SMARTS) is 1. The number of nitrogens with zero attached hydrogens (tertiary/aromatic N) is 2. The highest BCUT2D eigenvalue weighted by atomic mass is 32.1. The summed E-state index contributed by atoms with van der Waals surface area (Å²) >= 11 is 3.78. The zero-order valence-corrected chi connectivity index (χ0v) is 21.0. The van der Waals surface area contributed by atoms with Crippen LogP contribution < -0.4 is 10.6 Å². The second kappa shape index (κ2) is 12.2. The largest absolute Gasteiger partial charge is 0.478 e. The van der Waals surface area contributed by atoms with Gasteiger partial charge in [0.1, 0.15) is 12.6 Å². The Morgan fingerprint density at radius 1 is 1.13 bits per heavy atom. The monoisotopic (exact) mass is 544 g/mol. The van der Waals surface area contributed by atoms with Crippen LogP contribution in [0.4, 0.5) is 21.9 Å². The van der Waals surface area contributed by atoms with Crippen LogP contribution in [0, 0.1) is 16.0 Å². The molecule has 3 amide bonds. The van der Waals surface area contributed by atoms with Crippen molar-refractivity contribution < 1.29 is 38.7 Å². The number of nitro benzene ring substituents is 1. The first-order chi connectivity index (χ1) is 17.9. The molecule has 1 saturated heterocycles. The summed E-state index contributed by atoms with van der Waals surface area (Å²) in [6, 6.07) is 8.29. The van der Waals surface area contributed by atoms with Gasteiger partial charge in [-0.3, -0.25) is 29.4 Å². The fourth-order valence-corrected chi connectivity index (χ4v) is 4.29. The minimum atomic E-state index is -1.32. The number of hydrogen-bond donors (Lipinski definition) is 4. The lowest BCUT2D eigenvalue weighted by Gasteiger charge is -2.23. The molecule has 2 aromatic rings. The molecular formula is C24H24N4O9S. The third-order valence-electron chi connectivity index (χ3n) is 5.73. The predicted molar refractivity (Wildman–Crippen MR) is 137 cm³/mol. The number of amides is 3. The van der Waals surface area contributed by atoms with Crippen molar-refractivity contribution >= 4 is 58.7 Å². The van der Waals surface area contributed by atoms with Gasteiger partial charge >= 0.3 is 12.1 Å². The lowest BCUT2D eigenvalue weighted by atomic mass is 10.0. The molecule has 3 rings (SSSR count). The molecule has 1 aliphatic heterocycles. The van der Waals surface area contributed by atoms with Crippen LogP contribution in [0.5, 0.6) is 0 Å². The molecule has 13 nitrogen and oxygen atoms in total. The van der Waals surface area contributed by atoms with Crippen LogP contribution in [0.2, 0.25) is 0 Å². The van der Waals surface area contributed by atoms with Gasteiger partial charge in [-0.2, -0.15) is 0 Å². The van der Waals surface area contributed by atoms with Gasteiger partial charge in [0.15, 0.2) is 5.12 Å². The van der Waals surface area contributed by atoms with E-state index in [4.69, 9.17) is 4.74 Å². The van der Waals surface area contributed by atoms with Crippen LogP contribution in [0.15, 0.2) is 42.5 Å². The SMILES string of the molecule is CC(=O)Nc1ccc(NC(=O)[C@@H]2C[C@@H](CC(=O)S)CN2C(=O)OCc2ccc([N+](=O)[O-])cc2)cc1C(=O)O. The molecule has 200 valence electrons. The zero-order valence-electron chi connectivity index (χ0n) is 20.1. The molecule has 0 unspecified atom stereocenters. The summed E-state index contributed by atoms with van der Waals surface area (Å²) in [6.45, 7) is 1.07. The minimum Gasteiger partial charge on any atom is -0.478 e. The van der Waals surface area contributed by atoms with Gasteiger partial charge < -0.3 is 20.5 Å². The average molecular weight is 545 g/mol. The smallest absolute Gasteiger partial charge is 0.410 e. The molecule has 2 atom stereocenters. The number of hydrogen-bond acceptors (Lipinski definition) is 8. The van der Waals surface area contributed by atoms with Gasteiger partial charge in [0.25, 0.3) is 5.69 Å². The van der Waals surface area contributed by atoms with Crippen molar-refractivity contribution in [1.29, 1.82) is 0 Å². The molecule has 38 heavy (non-hydrogen) atoms. The lowest BCUT2D eigenvalue weighted by Crippen LogP contribution is -2.43. The van der Waals surface area contributed by atoms with Crippen molar-refractivity contribution in [2.75, 3.05) is 17.2 Å². The highest BCUT2D eigenvalue weighted by molar-refractivity contribution is 7.96. The lowest BCUT2D eigenvalue weighted by molar-refractivity contribution is -0.384. The Labute approximate surface area is 221 Å². The molecule has 1 aliphatic rings. The topological polar surface area (TPSA) is 185 Å². The van der Waals surface area contributed by atoms with Crippen LogP contribution in [0.3, 0.4) is 0 Å². The van der Waals surface area contributed by atoms with E-state index in [9.17, 15) is 39.2 Å². The van der Waals surface area contributed by atoms with Crippen molar-refractivity contribution in [2.24, 2.45) is 5.92 Å². The predicted octanol–water partition coefficient (Wildman–Crippen LogP) is 3.06. The maximum Gasteiger partial charge on any atom is 0.410 e. The van der Waals surface area contributed by atoms with E-state index in [0.717, 1.165) is 0 Å². The van der Waals surface area contributed by atoms with Crippen molar-refractivity contribution in [2.45, 2.75) is 32.4 Å². The van der Waals surface area contributed by atoms with Crippen LogP contribution in [0.1, 0.15) is 35.7 Å². The number of rotatable bonds is 9. The van der Waals surface area contributed by atoms with E-state index in [1.54, 1.807) is 0 Å². The maximum atomic E-state index is 13.1. The normalized spacial score (nSPS) is 16.4. The second-order valence-electron chi connectivity index (χ2n) is 8.58. The number of nitro groups is 1. The molecule has 0 radical (unpaired) electrons. The van der Waals surface area contributed by atoms with Crippen LogP contribution in [0.25, 0.3) is 0 Å². The molecule has 0 spiro atoms. The summed E-state index contributed by atoms with van der Waals surface area (Å²) in [5, 5.41) is 24.8. The van der Waals surface area contributed by atoms with Crippen molar-refractivity contribution in [1.82, 2.24) is 4.90 Å². The number of aromatic carboxylic acids is 1. The van der Waals surface area contributed by atoms with Gasteiger partial charge in [-0.05, 0) is 48.2 Å². The number of carbonyl (C=O) groups excluding carboxylic acids is 4. The first-order valence-corrected chi connectivity index (χ1v) is 11.7. The third-order valence-corrected chi connectivity index (χ3v) is 5.91. The molecule has 1 heterocycles. The summed E-state index contributed by atoms with van der Waals surface area (Å²) in [7, 11) is 0. The third kappa shape index (κ3) is 7.29. The number of non-ortho nitro benzene ring substituents is 1. The zero-order chi connectivity index (χ0) is 28.0. The fraction of sp³-hybridized carbons (Fsp3) is 0.292. The number of thiol groups is 1.